The van der Waals surface area contributed by atoms with Crippen molar-refractivity contribution in [3.63, 3.8) is 0 Å². The van der Waals surface area contributed by atoms with E-state index < -0.39 is 5.97 Å². The first-order valence-corrected chi connectivity index (χ1v) is 6.15. The van der Waals surface area contributed by atoms with Gasteiger partial charge in [-0.1, -0.05) is 0 Å². The van der Waals surface area contributed by atoms with Gasteiger partial charge in [0, 0.05) is 23.9 Å². The number of thioether (sulfide) groups is 1. The Labute approximate surface area is 108 Å². The first-order valence-electron chi connectivity index (χ1n) is 5.16. The highest BCUT2D eigenvalue weighted by molar-refractivity contribution is 7.98. The van der Waals surface area contributed by atoms with Crippen molar-refractivity contribution in [3.05, 3.63) is 35.8 Å². The minimum atomic E-state index is -0.964. The van der Waals surface area contributed by atoms with Gasteiger partial charge < -0.3 is 10.8 Å². The van der Waals surface area contributed by atoms with E-state index in [2.05, 4.69) is 10.1 Å². The minimum absolute atomic E-state index is 0.230. The second kappa shape index (κ2) is 5.09. The van der Waals surface area contributed by atoms with E-state index in [0.717, 1.165) is 4.90 Å². The smallest absolute Gasteiger partial charge is 0.339 e. The Bertz CT molecular complexity index is 565. The second-order valence-electron chi connectivity index (χ2n) is 3.64. The fourth-order valence-electron chi connectivity index (χ4n) is 1.44. The predicted molar refractivity (Wildman–Crippen MR) is 68.4 cm³/mol. The largest absolute Gasteiger partial charge is 0.478 e. The van der Waals surface area contributed by atoms with Crippen molar-refractivity contribution in [2.24, 2.45) is 7.05 Å². The summed E-state index contributed by atoms with van der Waals surface area (Å²) < 4.78 is 1.57. The van der Waals surface area contributed by atoms with Gasteiger partial charge in [-0.3, -0.25) is 4.68 Å². The van der Waals surface area contributed by atoms with Gasteiger partial charge in [0.25, 0.3) is 0 Å². The number of carbonyl (C=O) groups is 1. The number of nitrogen functional groups attached to an aromatic ring is 1. The van der Waals surface area contributed by atoms with Crippen molar-refractivity contribution in [1.29, 1.82) is 0 Å². The number of hydrogen-bond donors (Lipinski definition) is 2. The number of pyridine rings is 1. The SMILES string of the molecule is Cn1ncc(C(=O)O)c1CSc1ccc(N)nc1. The number of aromatic carboxylic acids is 1. The summed E-state index contributed by atoms with van der Waals surface area (Å²) in [5.41, 5.74) is 6.39. The first kappa shape index (κ1) is 12.4. The van der Waals surface area contributed by atoms with Gasteiger partial charge in [0.2, 0.25) is 0 Å². The fourth-order valence-corrected chi connectivity index (χ4v) is 2.38. The van der Waals surface area contributed by atoms with Gasteiger partial charge in [-0.25, -0.2) is 9.78 Å². The standard InChI is InChI=1S/C11H12N4O2S/c1-15-9(8(5-14-15)11(16)17)6-18-7-2-3-10(12)13-4-7/h2-5H,6H2,1H3,(H2,12,13)(H,16,17). The number of carboxylic acids is 1. The molecule has 2 heterocycles. The maximum absolute atomic E-state index is 11.0. The van der Waals surface area contributed by atoms with E-state index in [1.54, 1.807) is 24.0 Å². The molecule has 0 atom stereocenters. The van der Waals surface area contributed by atoms with Crippen LogP contribution in [0.3, 0.4) is 0 Å². The van der Waals surface area contributed by atoms with E-state index in [1.165, 1.54) is 18.0 Å². The highest BCUT2D eigenvalue weighted by Crippen LogP contribution is 2.23. The summed E-state index contributed by atoms with van der Waals surface area (Å²) >= 11 is 1.49. The lowest BCUT2D eigenvalue weighted by Crippen LogP contribution is -2.03. The third-order valence-corrected chi connectivity index (χ3v) is 3.42. The number of aromatic nitrogens is 3. The Morgan fingerprint density at radius 3 is 2.89 bits per heavy atom. The predicted octanol–water partition coefficient (Wildman–Crippen LogP) is 1.39. The van der Waals surface area contributed by atoms with Gasteiger partial charge in [0.15, 0.2) is 0 Å². The van der Waals surface area contributed by atoms with Crippen molar-refractivity contribution in [2.75, 3.05) is 5.73 Å². The third kappa shape index (κ3) is 2.62. The number of nitrogens with zero attached hydrogens (tertiary/aromatic N) is 3. The molecule has 0 aliphatic carbocycles. The molecule has 2 aromatic heterocycles. The highest BCUT2D eigenvalue weighted by atomic mass is 32.2. The number of anilines is 1. The van der Waals surface area contributed by atoms with Crippen LogP contribution in [0, 0.1) is 0 Å². The van der Waals surface area contributed by atoms with Crippen LogP contribution in [0.25, 0.3) is 0 Å². The van der Waals surface area contributed by atoms with Gasteiger partial charge >= 0.3 is 5.97 Å². The van der Waals surface area contributed by atoms with E-state index in [0.29, 0.717) is 17.3 Å². The van der Waals surface area contributed by atoms with Gasteiger partial charge in [-0.2, -0.15) is 5.10 Å². The highest BCUT2D eigenvalue weighted by Gasteiger charge is 2.14. The molecule has 2 aromatic rings. The van der Waals surface area contributed by atoms with Gasteiger partial charge in [-0.05, 0) is 12.1 Å². The molecule has 18 heavy (non-hydrogen) atoms. The lowest BCUT2D eigenvalue weighted by atomic mass is 10.3. The molecule has 94 valence electrons. The number of carboxylic acid groups (broad SMARTS) is 1. The molecule has 2 rings (SSSR count). The van der Waals surface area contributed by atoms with Crippen molar-refractivity contribution in [1.82, 2.24) is 14.8 Å². The van der Waals surface area contributed by atoms with Crippen LogP contribution in [0.15, 0.2) is 29.4 Å². The maximum Gasteiger partial charge on any atom is 0.339 e. The molecule has 0 aromatic carbocycles. The van der Waals surface area contributed by atoms with Crippen LogP contribution in [-0.2, 0) is 12.8 Å². The molecule has 0 radical (unpaired) electrons. The zero-order valence-corrected chi connectivity index (χ0v) is 10.5. The summed E-state index contributed by atoms with van der Waals surface area (Å²) in [7, 11) is 1.73. The van der Waals surface area contributed by atoms with Crippen LogP contribution in [0.4, 0.5) is 5.82 Å². The summed E-state index contributed by atoms with van der Waals surface area (Å²) in [6.07, 6.45) is 3.02. The van der Waals surface area contributed by atoms with Crippen LogP contribution in [-0.4, -0.2) is 25.8 Å². The Kier molecular flexibility index (Phi) is 3.52. The Balaban J connectivity index is 2.12. The monoisotopic (exact) mass is 264 g/mol. The zero-order chi connectivity index (χ0) is 13.1. The van der Waals surface area contributed by atoms with Crippen molar-refractivity contribution < 1.29 is 9.90 Å². The van der Waals surface area contributed by atoms with Crippen LogP contribution in [0.1, 0.15) is 16.1 Å². The van der Waals surface area contributed by atoms with Crippen molar-refractivity contribution >= 4 is 23.5 Å². The summed E-state index contributed by atoms with van der Waals surface area (Å²) in [4.78, 5) is 15.9. The summed E-state index contributed by atoms with van der Waals surface area (Å²) in [5.74, 6) is 0.0178. The molecule has 0 unspecified atom stereocenters. The lowest BCUT2D eigenvalue weighted by molar-refractivity contribution is 0.0696. The normalized spacial score (nSPS) is 10.5. The Morgan fingerprint density at radius 1 is 1.50 bits per heavy atom. The lowest BCUT2D eigenvalue weighted by Gasteiger charge is -2.04. The molecule has 6 nitrogen and oxygen atoms in total. The van der Waals surface area contributed by atoms with E-state index in [4.69, 9.17) is 10.8 Å². The quantitative estimate of drug-likeness (QED) is 0.810. The Morgan fingerprint density at radius 2 is 2.28 bits per heavy atom. The van der Waals surface area contributed by atoms with E-state index in [1.807, 2.05) is 6.07 Å². The number of hydrogen-bond acceptors (Lipinski definition) is 5. The summed E-state index contributed by atoms with van der Waals surface area (Å²) in [6, 6.07) is 3.56. The third-order valence-electron chi connectivity index (χ3n) is 2.43. The van der Waals surface area contributed by atoms with Gasteiger partial charge in [-0.15, -0.1) is 11.8 Å². The molecule has 3 N–H and O–H groups in total. The fraction of sp³-hybridized carbons (Fsp3) is 0.182. The average Bonchev–Trinajstić information content (AvgIpc) is 2.70. The second-order valence-corrected chi connectivity index (χ2v) is 4.69. The molecule has 0 aliphatic rings. The van der Waals surface area contributed by atoms with E-state index >= 15 is 0 Å². The van der Waals surface area contributed by atoms with E-state index in [-0.39, 0.29) is 5.56 Å². The number of nitrogens with two attached hydrogens (primary N) is 1. The van der Waals surface area contributed by atoms with Crippen molar-refractivity contribution in [2.45, 2.75) is 10.6 Å². The molecule has 0 aliphatic heterocycles. The maximum atomic E-state index is 11.0. The number of aryl methyl sites for hydroxylation is 1. The molecule has 0 spiro atoms. The molecular weight excluding hydrogens is 252 g/mol. The van der Waals surface area contributed by atoms with Gasteiger partial charge in [0.05, 0.1) is 11.9 Å². The molecule has 0 amide bonds. The molecular formula is C11H12N4O2S. The summed E-state index contributed by atoms with van der Waals surface area (Å²) in [5, 5.41) is 13.0. The first-order chi connectivity index (χ1) is 8.58. The van der Waals surface area contributed by atoms with Gasteiger partial charge in [0.1, 0.15) is 11.4 Å². The topological polar surface area (TPSA) is 94.0 Å². The molecule has 0 saturated carbocycles. The van der Waals surface area contributed by atoms with Crippen LogP contribution < -0.4 is 5.73 Å². The Hall–Kier alpha value is -2.02. The van der Waals surface area contributed by atoms with Crippen LogP contribution in [0.5, 0.6) is 0 Å². The molecule has 0 fully saturated rings. The molecule has 7 heteroatoms. The van der Waals surface area contributed by atoms with Crippen LogP contribution >= 0.6 is 11.8 Å². The molecule has 0 saturated heterocycles. The van der Waals surface area contributed by atoms with Crippen LogP contribution in [0.2, 0.25) is 0 Å². The zero-order valence-electron chi connectivity index (χ0n) is 9.70. The van der Waals surface area contributed by atoms with Crippen molar-refractivity contribution in [3.8, 4) is 0 Å². The number of rotatable bonds is 4. The summed E-state index contributed by atoms with van der Waals surface area (Å²) in [6.45, 7) is 0. The minimum Gasteiger partial charge on any atom is -0.478 e. The average molecular weight is 264 g/mol. The van der Waals surface area contributed by atoms with E-state index in [9.17, 15) is 4.79 Å². The molecule has 0 bridgehead atoms.